The third-order valence-corrected chi connectivity index (χ3v) is 5.49. The SMILES string of the molecule is O=C(c1ccc(Cl)cc1)N1CCN(Cn2ccc(-c3ccsc3)n2)CC1. The lowest BCUT2D eigenvalue weighted by Crippen LogP contribution is -2.49. The number of hydrogen-bond acceptors (Lipinski definition) is 4. The highest BCUT2D eigenvalue weighted by Gasteiger charge is 2.22. The van der Waals surface area contributed by atoms with E-state index in [4.69, 9.17) is 11.6 Å². The third-order valence-electron chi connectivity index (χ3n) is 4.55. The van der Waals surface area contributed by atoms with Crippen LogP contribution in [0.15, 0.2) is 53.4 Å². The summed E-state index contributed by atoms with van der Waals surface area (Å²) in [6.45, 7) is 3.87. The lowest BCUT2D eigenvalue weighted by Gasteiger charge is -2.34. The zero-order valence-electron chi connectivity index (χ0n) is 14.2. The van der Waals surface area contributed by atoms with Gasteiger partial charge in [-0.1, -0.05) is 11.6 Å². The average molecular weight is 387 g/mol. The molecule has 1 saturated heterocycles. The third kappa shape index (κ3) is 3.82. The molecular formula is C19H19ClN4OS. The molecule has 0 aliphatic carbocycles. The van der Waals surface area contributed by atoms with E-state index < -0.39 is 0 Å². The predicted octanol–water partition coefficient (Wildman–Crippen LogP) is 3.68. The number of hydrogen-bond donors (Lipinski definition) is 0. The fourth-order valence-corrected chi connectivity index (χ4v) is 3.85. The molecule has 4 rings (SSSR count). The lowest BCUT2D eigenvalue weighted by atomic mass is 10.2. The van der Waals surface area contributed by atoms with Crippen LogP contribution in [0.5, 0.6) is 0 Å². The maximum Gasteiger partial charge on any atom is 0.253 e. The van der Waals surface area contributed by atoms with Crippen LogP contribution >= 0.6 is 22.9 Å². The number of rotatable bonds is 4. The van der Waals surface area contributed by atoms with Gasteiger partial charge in [-0.15, -0.1) is 0 Å². The molecule has 1 fully saturated rings. The quantitative estimate of drug-likeness (QED) is 0.686. The van der Waals surface area contributed by atoms with Gasteiger partial charge >= 0.3 is 0 Å². The van der Waals surface area contributed by atoms with Crippen molar-refractivity contribution in [1.82, 2.24) is 19.6 Å². The molecule has 0 spiro atoms. The van der Waals surface area contributed by atoms with Crippen molar-refractivity contribution in [2.24, 2.45) is 0 Å². The molecule has 2 aromatic heterocycles. The van der Waals surface area contributed by atoms with Gasteiger partial charge in [-0.2, -0.15) is 16.4 Å². The minimum Gasteiger partial charge on any atom is -0.336 e. The molecule has 0 N–H and O–H groups in total. The molecule has 134 valence electrons. The number of piperazine rings is 1. The summed E-state index contributed by atoms with van der Waals surface area (Å²) in [5, 5.41) is 9.46. The molecule has 26 heavy (non-hydrogen) atoms. The summed E-state index contributed by atoms with van der Waals surface area (Å²) in [4.78, 5) is 16.8. The van der Waals surface area contributed by atoms with Crippen LogP contribution in [-0.4, -0.2) is 51.7 Å². The van der Waals surface area contributed by atoms with Gasteiger partial charge in [0, 0.05) is 53.9 Å². The van der Waals surface area contributed by atoms with Gasteiger partial charge in [0.1, 0.15) is 0 Å². The highest BCUT2D eigenvalue weighted by molar-refractivity contribution is 7.08. The molecule has 1 aliphatic heterocycles. The topological polar surface area (TPSA) is 41.4 Å². The minimum absolute atomic E-state index is 0.0696. The Morgan fingerprint density at radius 3 is 2.54 bits per heavy atom. The van der Waals surface area contributed by atoms with Crippen molar-refractivity contribution in [3.8, 4) is 11.3 Å². The summed E-state index contributed by atoms with van der Waals surface area (Å²) in [7, 11) is 0. The van der Waals surface area contributed by atoms with Crippen molar-refractivity contribution in [3.63, 3.8) is 0 Å². The monoisotopic (exact) mass is 386 g/mol. The first-order valence-corrected chi connectivity index (χ1v) is 9.84. The van der Waals surface area contributed by atoms with Gasteiger partial charge in [-0.25, -0.2) is 0 Å². The van der Waals surface area contributed by atoms with Gasteiger partial charge in [-0.05, 0) is 41.8 Å². The van der Waals surface area contributed by atoms with E-state index in [1.54, 1.807) is 35.6 Å². The fraction of sp³-hybridized carbons (Fsp3) is 0.263. The first-order chi connectivity index (χ1) is 12.7. The highest BCUT2D eigenvalue weighted by Crippen LogP contribution is 2.20. The van der Waals surface area contributed by atoms with Crippen LogP contribution in [0.3, 0.4) is 0 Å². The zero-order valence-corrected chi connectivity index (χ0v) is 15.8. The van der Waals surface area contributed by atoms with E-state index in [-0.39, 0.29) is 5.91 Å². The Kier molecular flexibility index (Phi) is 5.06. The van der Waals surface area contributed by atoms with Gasteiger partial charge in [-0.3, -0.25) is 14.4 Å². The molecule has 7 heteroatoms. The molecule has 0 unspecified atom stereocenters. The van der Waals surface area contributed by atoms with Crippen molar-refractivity contribution < 1.29 is 4.79 Å². The average Bonchev–Trinajstić information content (AvgIpc) is 3.34. The maximum atomic E-state index is 12.6. The molecule has 0 radical (unpaired) electrons. The van der Waals surface area contributed by atoms with E-state index in [9.17, 15) is 4.79 Å². The Balaban J connectivity index is 1.32. The van der Waals surface area contributed by atoms with Gasteiger partial charge in [0.15, 0.2) is 0 Å². The molecule has 0 bridgehead atoms. The van der Waals surface area contributed by atoms with Crippen LogP contribution in [0, 0.1) is 0 Å². The number of amides is 1. The van der Waals surface area contributed by atoms with E-state index in [2.05, 4.69) is 26.8 Å². The number of benzene rings is 1. The van der Waals surface area contributed by atoms with Gasteiger partial charge in [0.25, 0.3) is 5.91 Å². The molecule has 0 atom stereocenters. The Bertz CT molecular complexity index is 867. The molecular weight excluding hydrogens is 368 g/mol. The molecule has 0 saturated carbocycles. The number of thiophene rings is 1. The van der Waals surface area contributed by atoms with E-state index in [0.29, 0.717) is 10.6 Å². The first-order valence-electron chi connectivity index (χ1n) is 8.52. The van der Waals surface area contributed by atoms with Crippen molar-refractivity contribution in [2.75, 3.05) is 26.2 Å². The second kappa shape index (κ2) is 7.61. The highest BCUT2D eigenvalue weighted by atomic mass is 35.5. The summed E-state index contributed by atoms with van der Waals surface area (Å²) in [5.41, 5.74) is 2.85. The van der Waals surface area contributed by atoms with Crippen LogP contribution in [0.25, 0.3) is 11.3 Å². The van der Waals surface area contributed by atoms with Crippen LogP contribution < -0.4 is 0 Å². The predicted molar refractivity (Wildman–Crippen MR) is 104 cm³/mol. The van der Waals surface area contributed by atoms with Crippen molar-refractivity contribution in [2.45, 2.75) is 6.67 Å². The first kappa shape index (κ1) is 17.3. The number of aromatic nitrogens is 2. The minimum atomic E-state index is 0.0696. The number of carbonyl (C=O) groups is 1. The molecule has 5 nitrogen and oxygen atoms in total. The Hall–Kier alpha value is -2.15. The van der Waals surface area contributed by atoms with Gasteiger partial charge in [0.2, 0.25) is 0 Å². The van der Waals surface area contributed by atoms with E-state index in [1.165, 1.54) is 0 Å². The molecule has 1 aromatic carbocycles. The van der Waals surface area contributed by atoms with E-state index in [0.717, 1.165) is 44.1 Å². The Morgan fingerprint density at radius 2 is 1.85 bits per heavy atom. The lowest BCUT2D eigenvalue weighted by molar-refractivity contribution is 0.0587. The van der Waals surface area contributed by atoms with Crippen molar-refractivity contribution in [3.05, 3.63) is 63.9 Å². The molecule has 3 heterocycles. The second-order valence-corrected chi connectivity index (χ2v) is 7.53. The van der Waals surface area contributed by atoms with E-state index >= 15 is 0 Å². The summed E-state index contributed by atoms with van der Waals surface area (Å²) in [6, 6.07) is 11.2. The summed E-state index contributed by atoms with van der Waals surface area (Å²) in [6.07, 6.45) is 2.01. The molecule has 1 amide bonds. The molecule has 1 aliphatic rings. The summed E-state index contributed by atoms with van der Waals surface area (Å²) in [5.74, 6) is 0.0696. The van der Waals surface area contributed by atoms with Gasteiger partial charge in [0.05, 0.1) is 12.4 Å². The Morgan fingerprint density at radius 1 is 1.08 bits per heavy atom. The maximum absolute atomic E-state index is 12.6. The van der Waals surface area contributed by atoms with Crippen LogP contribution in [0.1, 0.15) is 10.4 Å². The fourth-order valence-electron chi connectivity index (χ4n) is 3.08. The standard InChI is InChI=1S/C19H19ClN4OS/c20-17-3-1-15(2-4-17)19(25)23-10-8-22(9-11-23)14-24-7-5-18(21-24)16-6-12-26-13-16/h1-7,12-13H,8-11,14H2. The van der Waals surface area contributed by atoms with Gasteiger partial charge < -0.3 is 4.90 Å². The van der Waals surface area contributed by atoms with Crippen LogP contribution in [0.2, 0.25) is 5.02 Å². The largest absolute Gasteiger partial charge is 0.336 e. The van der Waals surface area contributed by atoms with Crippen LogP contribution in [-0.2, 0) is 6.67 Å². The Labute approximate surface area is 161 Å². The summed E-state index contributed by atoms with van der Waals surface area (Å²) >= 11 is 7.57. The number of halogens is 1. The normalized spacial score (nSPS) is 15.3. The smallest absolute Gasteiger partial charge is 0.253 e. The summed E-state index contributed by atoms with van der Waals surface area (Å²) < 4.78 is 1.96. The zero-order chi connectivity index (χ0) is 17.9. The second-order valence-electron chi connectivity index (χ2n) is 6.31. The van der Waals surface area contributed by atoms with Crippen molar-refractivity contribution in [1.29, 1.82) is 0 Å². The van der Waals surface area contributed by atoms with E-state index in [1.807, 2.05) is 21.8 Å². The molecule has 3 aromatic rings. The van der Waals surface area contributed by atoms with Crippen molar-refractivity contribution >= 4 is 28.8 Å². The number of nitrogens with zero attached hydrogens (tertiary/aromatic N) is 4. The van der Waals surface area contributed by atoms with Crippen LogP contribution in [0.4, 0.5) is 0 Å². The number of carbonyl (C=O) groups excluding carboxylic acids is 1.